The summed E-state index contributed by atoms with van der Waals surface area (Å²) in [6.45, 7) is 2.79. The van der Waals surface area contributed by atoms with Crippen LogP contribution in [0.2, 0.25) is 0 Å². The largest absolute Gasteiger partial charge is 0.371 e. The van der Waals surface area contributed by atoms with Gasteiger partial charge < -0.3 is 10.2 Å². The number of rotatable bonds is 5. The molecule has 0 unspecified atom stereocenters. The average Bonchev–Trinajstić information content (AvgIpc) is 3.10. The second-order valence-corrected chi connectivity index (χ2v) is 7.41. The average molecular weight is 365 g/mol. The van der Waals surface area contributed by atoms with Gasteiger partial charge in [0.05, 0.1) is 9.35 Å². The summed E-state index contributed by atoms with van der Waals surface area (Å²) in [4.78, 5) is 14.3. The Bertz CT molecular complexity index is 641. The Morgan fingerprint density at radius 1 is 1.38 bits per heavy atom. The van der Waals surface area contributed by atoms with E-state index in [0.717, 1.165) is 35.3 Å². The highest BCUT2D eigenvalue weighted by molar-refractivity contribution is 9.11. The zero-order valence-corrected chi connectivity index (χ0v) is 14.0. The summed E-state index contributed by atoms with van der Waals surface area (Å²) in [6.07, 6.45) is 2.09. The van der Waals surface area contributed by atoms with Crippen molar-refractivity contribution in [3.63, 3.8) is 0 Å². The van der Waals surface area contributed by atoms with E-state index in [9.17, 15) is 4.79 Å². The molecule has 0 saturated carbocycles. The third-order valence-electron chi connectivity index (χ3n) is 3.70. The van der Waals surface area contributed by atoms with Crippen molar-refractivity contribution < 1.29 is 4.79 Å². The number of nitrogens with one attached hydrogen (secondary N) is 1. The molecule has 21 heavy (non-hydrogen) atoms. The molecule has 0 atom stereocenters. The summed E-state index contributed by atoms with van der Waals surface area (Å²) >= 11 is 4.91. The highest BCUT2D eigenvalue weighted by Crippen LogP contribution is 2.27. The van der Waals surface area contributed by atoms with Crippen LogP contribution in [0.5, 0.6) is 0 Å². The number of hydrogen-bond donors (Lipinski definition) is 1. The van der Waals surface area contributed by atoms with Gasteiger partial charge in [0, 0.05) is 30.7 Å². The standard InChI is InChI=1S/C16H17BrN2OS/c17-15-10-13(11-21-15)16(20)18-7-3-8-19-9-6-12-4-1-2-5-14(12)19/h1-2,4-5,10-11H,3,6-9H2,(H,18,20). The lowest BCUT2D eigenvalue weighted by Crippen LogP contribution is -2.28. The highest BCUT2D eigenvalue weighted by atomic mass is 79.9. The molecule has 0 spiro atoms. The Balaban J connectivity index is 1.44. The number of amides is 1. The van der Waals surface area contributed by atoms with Crippen LogP contribution in [0.25, 0.3) is 0 Å². The second kappa shape index (κ2) is 6.62. The van der Waals surface area contributed by atoms with E-state index in [1.165, 1.54) is 22.6 Å². The van der Waals surface area contributed by atoms with Gasteiger partial charge in [-0.25, -0.2) is 0 Å². The van der Waals surface area contributed by atoms with Crippen molar-refractivity contribution in [3.8, 4) is 0 Å². The lowest BCUT2D eigenvalue weighted by Gasteiger charge is -2.19. The minimum atomic E-state index is 0.0128. The maximum Gasteiger partial charge on any atom is 0.252 e. The van der Waals surface area contributed by atoms with Crippen LogP contribution in [0, 0.1) is 0 Å². The van der Waals surface area contributed by atoms with Crippen molar-refractivity contribution >= 4 is 38.9 Å². The van der Waals surface area contributed by atoms with Gasteiger partial charge >= 0.3 is 0 Å². The molecule has 2 heterocycles. The van der Waals surface area contributed by atoms with Crippen molar-refractivity contribution in [1.82, 2.24) is 5.32 Å². The Morgan fingerprint density at radius 2 is 2.24 bits per heavy atom. The van der Waals surface area contributed by atoms with Crippen molar-refractivity contribution in [2.75, 3.05) is 24.5 Å². The van der Waals surface area contributed by atoms with Crippen molar-refractivity contribution in [2.45, 2.75) is 12.8 Å². The Kier molecular flexibility index (Phi) is 4.60. The molecule has 1 aromatic heterocycles. The summed E-state index contributed by atoms with van der Waals surface area (Å²) in [7, 11) is 0. The fraction of sp³-hybridized carbons (Fsp3) is 0.312. The van der Waals surface area contributed by atoms with E-state index in [1.54, 1.807) is 0 Å². The molecule has 0 saturated heterocycles. The number of thiophene rings is 1. The molecule has 0 bridgehead atoms. The van der Waals surface area contributed by atoms with Crippen LogP contribution < -0.4 is 10.2 Å². The first-order valence-corrected chi connectivity index (χ1v) is 8.76. The van der Waals surface area contributed by atoms with Gasteiger partial charge in [-0.2, -0.15) is 0 Å². The molecular weight excluding hydrogens is 348 g/mol. The predicted octanol–water partition coefficient (Wildman–Crippen LogP) is 3.69. The maximum atomic E-state index is 11.9. The molecule has 1 aliphatic heterocycles. The molecule has 1 aromatic carbocycles. The topological polar surface area (TPSA) is 32.3 Å². The molecule has 2 aromatic rings. The molecule has 3 nitrogen and oxygen atoms in total. The van der Waals surface area contributed by atoms with Gasteiger partial charge in [-0.05, 0) is 46.5 Å². The number of anilines is 1. The summed E-state index contributed by atoms with van der Waals surface area (Å²) in [5, 5.41) is 4.85. The molecule has 5 heteroatoms. The van der Waals surface area contributed by atoms with Crippen LogP contribution in [0.15, 0.2) is 39.5 Å². The second-order valence-electron chi connectivity index (χ2n) is 5.11. The van der Waals surface area contributed by atoms with E-state index in [4.69, 9.17) is 0 Å². The lowest BCUT2D eigenvalue weighted by atomic mass is 10.2. The Labute approximate surface area is 137 Å². The van der Waals surface area contributed by atoms with Gasteiger partial charge in [-0.1, -0.05) is 18.2 Å². The van der Waals surface area contributed by atoms with E-state index in [1.807, 2.05) is 11.4 Å². The first-order valence-electron chi connectivity index (χ1n) is 7.09. The molecular formula is C16H17BrN2OS. The molecule has 1 aliphatic rings. The van der Waals surface area contributed by atoms with E-state index in [0.29, 0.717) is 6.54 Å². The molecule has 0 aliphatic carbocycles. The monoisotopic (exact) mass is 364 g/mol. The fourth-order valence-corrected chi connectivity index (χ4v) is 3.78. The molecule has 0 radical (unpaired) electrons. The van der Waals surface area contributed by atoms with E-state index >= 15 is 0 Å². The van der Waals surface area contributed by atoms with Crippen LogP contribution in [0.1, 0.15) is 22.3 Å². The van der Waals surface area contributed by atoms with E-state index in [-0.39, 0.29) is 5.91 Å². The van der Waals surface area contributed by atoms with Gasteiger partial charge in [0.1, 0.15) is 0 Å². The number of fused-ring (bicyclic) bond motifs is 1. The summed E-state index contributed by atoms with van der Waals surface area (Å²) in [5.74, 6) is 0.0128. The SMILES string of the molecule is O=C(NCCCN1CCc2ccccc21)c1csc(Br)c1. The van der Waals surface area contributed by atoms with Crippen molar-refractivity contribution in [2.24, 2.45) is 0 Å². The predicted molar refractivity (Wildman–Crippen MR) is 91.3 cm³/mol. The van der Waals surface area contributed by atoms with Crippen LogP contribution in [0.3, 0.4) is 0 Å². The molecule has 1 amide bonds. The molecule has 1 N–H and O–H groups in total. The number of carbonyl (C=O) groups is 1. The van der Waals surface area contributed by atoms with Gasteiger partial charge in [-0.15, -0.1) is 11.3 Å². The smallest absolute Gasteiger partial charge is 0.252 e. The first kappa shape index (κ1) is 14.6. The van der Waals surface area contributed by atoms with Gasteiger partial charge in [0.25, 0.3) is 5.91 Å². The molecule has 3 rings (SSSR count). The highest BCUT2D eigenvalue weighted by Gasteiger charge is 2.17. The van der Waals surface area contributed by atoms with Crippen LogP contribution in [-0.4, -0.2) is 25.5 Å². The zero-order valence-electron chi connectivity index (χ0n) is 11.6. The number of para-hydroxylation sites is 1. The fourth-order valence-electron chi connectivity index (χ4n) is 2.64. The minimum Gasteiger partial charge on any atom is -0.371 e. The number of halogens is 1. The molecule has 110 valence electrons. The quantitative estimate of drug-likeness (QED) is 0.820. The van der Waals surface area contributed by atoms with E-state index in [2.05, 4.69) is 50.4 Å². The van der Waals surface area contributed by atoms with Crippen LogP contribution in [0.4, 0.5) is 5.69 Å². The third-order valence-corrected chi connectivity index (χ3v) is 5.21. The van der Waals surface area contributed by atoms with Crippen molar-refractivity contribution in [1.29, 1.82) is 0 Å². The Morgan fingerprint density at radius 3 is 3.05 bits per heavy atom. The normalized spacial score (nSPS) is 13.3. The third kappa shape index (κ3) is 3.47. The first-order chi connectivity index (χ1) is 10.2. The van der Waals surface area contributed by atoms with Gasteiger partial charge in [0.2, 0.25) is 0 Å². The zero-order chi connectivity index (χ0) is 14.7. The van der Waals surface area contributed by atoms with Gasteiger partial charge in [-0.3, -0.25) is 4.79 Å². The minimum absolute atomic E-state index is 0.0128. The maximum absolute atomic E-state index is 11.9. The summed E-state index contributed by atoms with van der Waals surface area (Å²) < 4.78 is 0.987. The Hall–Kier alpha value is -1.33. The number of benzene rings is 1. The number of nitrogens with zero attached hydrogens (tertiary/aromatic N) is 1. The van der Waals surface area contributed by atoms with Gasteiger partial charge in [0.15, 0.2) is 0 Å². The van der Waals surface area contributed by atoms with Crippen LogP contribution in [-0.2, 0) is 6.42 Å². The number of hydrogen-bond acceptors (Lipinski definition) is 3. The number of carbonyl (C=O) groups excluding carboxylic acids is 1. The van der Waals surface area contributed by atoms with E-state index < -0.39 is 0 Å². The van der Waals surface area contributed by atoms with Crippen LogP contribution >= 0.6 is 27.3 Å². The van der Waals surface area contributed by atoms with Crippen molar-refractivity contribution in [3.05, 3.63) is 50.6 Å². The lowest BCUT2D eigenvalue weighted by molar-refractivity contribution is 0.0954. The molecule has 0 fully saturated rings. The summed E-state index contributed by atoms with van der Waals surface area (Å²) in [5.41, 5.74) is 3.52. The summed E-state index contributed by atoms with van der Waals surface area (Å²) in [6, 6.07) is 10.4.